The number of para-hydroxylation sites is 1. The van der Waals surface area contributed by atoms with E-state index in [-0.39, 0.29) is 24.9 Å². The molecule has 2 amide bonds. The number of carbonyl (C=O) groups is 2. The van der Waals surface area contributed by atoms with E-state index in [9.17, 15) is 9.59 Å². The minimum absolute atomic E-state index is 0.0207. The first-order valence-electron chi connectivity index (χ1n) is 13.3. The largest absolute Gasteiger partial charge is 0.467 e. The van der Waals surface area contributed by atoms with Crippen molar-refractivity contribution in [2.24, 2.45) is 0 Å². The summed E-state index contributed by atoms with van der Waals surface area (Å²) in [6, 6.07) is 20.1. The minimum atomic E-state index is -0.0714. The summed E-state index contributed by atoms with van der Waals surface area (Å²) in [4.78, 5) is 35.7. The van der Waals surface area contributed by atoms with Crippen LogP contribution in [0.2, 0.25) is 0 Å². The van der Waals surface area contributed by atoms with Crippen molar-refractivity contribution in [2.45, 2.75) is 45.7 Å². The second-order valence-corrected chi connectivity index (χ2v) is 9.92. The maximum absolute atomic E-state index is 13.7. The Morgan fingerprint density at radius 1 is 0.895 bits per heavy atom. The Morgan fingerprint density at radius 3 is 2.39 bits per heavy atom. The summed E-state index contributed by atoms with van der Waals surface area (Å²) in [7, 11) is 4.02. The fourth-order valence-corrected chi connectivity index (χ4v) is 4.58. The Hall–Kier alpha value is -4.00. The Morgan fingerprint density at radius 2 is 1.68 bits per heavy atom. The molecule has 0 saturated carbocycles. The summed E-state index contributed by atoms with van der Waals surface area (Å²) in [6.07, 6.45) is 6.48. The number of hydrogen-bond donors (Lipinski definition) is 1. The number of unbranched alkanes of at least 4 members (excludes halogenated alkanes) is 1. The van der Waals surface area contributed by atoms with Gasteiger partial charge in [-0.1, -0.05) is 43.7 Å². The van der Waals surface area contributed by atoms with E-state index in [1.165, 1.54) is 10.9 Å². The molecule has 0 atom stereocenters. The Balaban J connectivity index is 1.53. The second kappa shape index (κ2) is 13.0. The SMILES string of the molecule is CCCCC(=O)N(CC(=O)N(CCc1c[nH]c2ccccc12)Cc1ccc(N(C)C)cc1)Cc1ccco1. The number of nitrogens with one attached hydrogen (secondary N) is 1. The molecular formula is C31H38N4O3. The first kappa shape index (κ1) is 27.0. The van der Waals surface area contributed by atoms with E-state index in [4.69, 9.17) is 4.42 Å². The van der Waals surface area contributed by atoms with Gasteiger partial charge in [0, 0.05) is 56.4 Å². The standard InChI is InChI=1S/C31H38N4O3/c1-4-5-12-30(36)35(22-27-9-8-19-38-27)23-31(37)34(21-24-13-15-26(16-14-24)33(2)3)18-17-25-20-32-29-11-7-6-10-28(25)29/h6-11,13-16,19-20,32H,4-5,12,17-18,21-23H2,1-3H3. The number of hydrogen-bond acceptors (Lipinski definition) is 4. The number of aromatic nitrogens is 1. The molecular weight excluding hydrogens is 476 g/mol. The third kappa shape index (κ3) is 7.06. The van der Waals surface area contributed by atoms with Crippen molar-refractivity contribution in [1.29, 1.82) is 0 Å². The second-order valence-electron chi connectivity index (χ2n) is 9.92. The van der Waals surface area contributed by atoms with Crippen LogP contribution >= 0.6 is 0 Å². The molecule has 4 aromatic rings. The molecule has 2 aromatic carbocycles. The molecule has 7 nitrogen and oxygen atoms in total. The van der Waals surface area contributed by atoms with E-state index in [1.54, 1.807) is 17.2 Å². The Kier molecular flexibility index (Phi) is 9.25. The number of rotatable bonds is 13. The number of aromatic amines is 1. The van der Waals surface area contributed by atoms with Crippen LogP contribution in [-0.2, 0) is 29.1 Å². The van der Waals surface area contributed by atoms with Gasteiger partial charge >= 0.3 is 0 Å². The normalized spacial score (nSPS) is 11.0. The van der Waals surface area contributed by atoms with Crippen LogP contribution in [0.15, 0.2) is 77.5 Å². The van der Waals surface area contributed by atoms with Crippen molar-refractivity contribution in [3.05, 3.63) is 90.0 Å². The first-order chi connectivity index (χ1) is 18.4. The number of fused-ring (bicyclic) bond motifs is 1. The maximum atomic E-state index is 13.7. The average molecular weight is 515 g/mol. The molecule has 0 spiro atoms. The summed E-state index contributed by atoms with van der Waals surface area (Å²) < 4.78 is 5.50. The molecule has 2 heterocycles. The van der Waals surface area contributed by atoms with Gasteiger partial charge in [0.25, 0.3) is 0 Å². The molecule has 200 valence electrons. The molecule has 7 heteroatoms. The van der Waals surface area contributed by atoms with Crippen molar-refractivity contribution in [1.82, 2.24) is 14.8 Å². The predicted molar refractivity (Wildman–Crippen MR) is 152 cm³/mol. The summed E-state index contributed by atoms with van der Waals surface area (Å²) in [5, 5.41) is 1.17. The highest BCUT2D eigenvalue weighted by Gasteiger charge is 2.23. The van der Waals surface area contributed by atoms with Gasteiger partial charge in [-0.05, 0) is 54.3 Å². The van der Waals surface area contributed by atoms with E-state index < -0.39 is 0 Å². The Labute approximate surface area is 225 Å². The fraction of sp³-hybridized carbons (Fsp3) is 0.355. The molecule has 0 fully saturated rings. The van der Waals surface area contributed by atoms with Crippen LogP contribution < -0.4 is 4.90 Å². The van der Waals surface area contributed by atoms with E-state index in [2.05, 4.69) is 53.2 Å². The van der Waals surface area contributed by atoms with E-state index in [0.29, 0.717) is 31.7 Å². The number of nitrogens with zero attached hydrogens (tertiary/aromatic N) is 3. The lowest BCUT2D eigenvalue weighted by atomic mass is 10.1. The van der Waals surface area contributed by atoms with Crippen LogP contribution in [-0.4, -0.2) is 53.8 Å². The van der Waals surface area contributed by atoms with E-state index >= 15 is 0 Å². The van der Waals surface area contributed by atoms with Crippen molar-refractivity contribution >= 4 is 28.4 Å². The Bertz CT molecular complexity index is 1310. The molecule has 38 heavy (non-hydrogen) atoms. The molecule has 4 rings (SSSR count). The number of amides is 2. The lowest BCUT2D eigenvalue weighted by Crippen LogP contribution is -2.43. The summed E-state index contributed by atoms with van der Waals surface area (Å²) >= 11 is 0. The van der Waals surface area contributed by atoms with Crippen LogP contribution in [0.5, 0.6) is 0 Å². The average Bonchev–Trinajstić information content (AvgIpc) is 3.59. The summed E-state index contributed by atoms with van der Waals surface area (Å²) in [5.74, 6) is 0.578. The van der Waals surface area contributed by atoms with Crippen molar-refractivity contribution in [3.8, 4) is 0 Å². The maximum Gasteiger partial charge on any atom is 0.242 e. The van der Waals surface area contributed by atoms with E-state index in [0.717, 1.165) is 29.6 Å². The number of furan rings is 1. The molecule has 0 saturated heterocycles. The zero-order valence-electron chi connectivity index (χ0n) is 22.7. The van der Waals surface area contributed by atoms with Crippen molar-refractivity contribution in [2.75, 3.05) is 32.1 Å². The van der Waals surface area contributed by atoms with Gasteiger partial charge in [0.15, 0.2) is 0 Å². The van der Waals surface area contributed by atoms with Crippen molar-refractivity contribution < 1.29 is 14.0 Å². The third-order valence-electron chi connectivity index (χ3n) is 6.85. The molecule has 0 aliphatic carbocycles. The van der Waals surface area contributed by atoms with E-state index in [1.807, 2.05) is 43.4 Å². The van der Waals surface area contributed by atoms with Crippen molar-refractivity contribution in [3.63, 3.8) is 0 Å². The van der Waals surface area contributed by atoms with Gasteiger partial charge in [0.1, 0.15) is 12.3 Å². The lowest BCUT2D eigenvalue weighted by molar-refractivity contribution is -0.141. The third-order valence-corrected chi connectivity index (χ3v) is 6.85. The van der Waals surface area contributed by atoms with Crippen LogP contribution in [0.3, 0.4) is 0 Å². The topological polar surface area (TPSA) is 72.8 Å². The lowest BCUT2D eigenvalue weighted by Gasteiger charge is -2.28. The van der Waals surface area contributed by atoms with Gasteiger partial charge in [-0.3, -0.25) is 9.59 Å². The smallest absolute Gasteiger partial charge is 0.242 e. The van der Waals surface area contributed by atoms with Gasteiger partial charge < -0.3 is 24.1 Å². The summed E-state index contributed by atoms with van der Waals surface area (Å²) in [6.45, 7) is 3.39. The molecule has 0 aliphatic rings. The van der Waals surface area contributed by atoms with Gasteiger partial charge in [-0.15, -0.1) is 0 Å². The molecule has 2 aromatic heterocycles. The van der Waals surface area contributed by atoms with Crippen LogP contribution in [0, 0.1) is 0 Å². The zero-order chi connectivity index (χ0) is 26.9. The van der Waals surface area contributed by atoms with Gasteiger partial charge in [-0.2, -0.15) is 0 Å². The van der Waals surface area contributed by atoms with Crippen LogP contribution in [0.4, 0.5) is 5.69 Å². The predicted octanol–water partition coefficient (Wildman–Crippen LogP) is 5.62. The highest BCUT2D eigenvalue weighted by Crippen LogP contribution is 2.20. The zero-order valence-corrected chi connectivity index (χ0v) is 22.7. The van der Waals surface area contributed by atoms with Crippen LogP contribution in [0.25, 0.3) is 10.9 Å². The highest BCUT2D eigenvalue weighted by molar-refractivity contribution is 5.85. The van der Waals surface area contributed by atoms with Gasteiger partial charge in [0.05, 0.1) is 12.8 Å². The summed E-state index contributed by atoms with van der Waals surface area (Å²) in [5.41, 5.74) is 4.42. The quantitative estimate of drug-likeness (QED) is 0.251. The molecule has 0 bridgehead atoms. The monoisotopic (exact) mass is 514 g/mol. The molecule has 0 radical (unpaired) electrons. The van der Waals surface area contributed by atoms with Crippen LogP contribution in [0.1, 0.15) is 43.1 Å². The number of anilines is 1. The number of benzene rings is 2. The minimum Gasteiger partial charge on any atom is -0.467 e. The molecule has 0 unspecified atom stereocenters. The van der Waals surface area contributed by atoms with Gasteiger partial charge in [-0.25, -0.2) is 0 Å². The van der Waals surface area contributed by atoms with Gasteiger partial charge in [0.2, 0.25) is 11.8 Å². The highest BCUT2D eigenvalue weighted by atomic mass is 16.3. The molecule has 0 aliphatic heterocycles. The molecule has 1 N–H and O–H groups in total. The first-order valence-corrected chi connectivity index (χ1v) is 13.3. The fourth-order valence-electron chi connectivity index (χ4n) is 4.58. The number of carbonyl (C=O) groups excluding carboxylic acids is 2. The number of H-pyrrole nitrogens is 1.